The smallest absolute Gasteiger partial charge is 0.346 e. The van der Waals surface area contributed by atoms with Gasteiger partial charge in [0.2, 0.25) is 0 Å². The minimum absolute atomic E-state index is 0. The Labute approximate surface area is 89.6 Å². The van der Waals surface area contributed by atoms with E-state index in [-0.39, 0.29) is 28.5 Å². The molecule has 0 saturated heterocycles. The number of aromatic carboxylic acids is 2. The lowest BCUT2D eigenvalue weighted by Crippen LogP contribution is -2.06. The molecule has 0 fully saturated rings. The lowest BCUT2D eigenvalue weighted by atomic mass is 10.2. The molecule has 0 saturated carbocycles. The third kappa shape index (κ3) is 1.97. The fourth-order valence-corrected chi connectivity index (χ4v) is 1.83. The van der Waals surface area contributed by atoms with Crippen LogP contribution in [0.2, 0.25) is 0 Å². The molecule has 0 aromatic carbocycles. The molecular weight excluding hydrogens is 230 g/mol. The van der Waals surface area contributed by atoms with E-state index in [2.05, 4.69) is 0 Å². The first kappa shape index (κ1) is 12.7. The first-order valence-electron chi connectivity index (χ1n) is 3.30. The zero-order chi connectivity index (χ0) is 10.2. The van der Waals surface area contributed by atoms with Gasteiger partial charge in [0.15, 0.2) is 0 Å². The fraction of sp³-hybridized carbons (Fsp3) is 0.143. The van der Waals surface area contributed by atoms with Crippen molar-refractivity contribution in [2.24, 2.45) is 0 Å². The highest BCUT2D eigenvalue weighted by atomic mass is 35.5. The number of hydrogen-bond donors (Lipinski definition) is 3. The van der Waals surface area contributed by atoms with Gasteiger partial charge in [0.05, 0.1) is 5.69 Å². The summed E-state index contributed by atoms with van der Waals surface area (Å²) in [7, 11) is 0. The minimum Gasteiger partial charge on any atom is -0.478 e. The Morgan fingerprint density at radius 3 is 2.07 bits per heavy atom. The van der Waals surface area contributed by atoms with Crippen molar-refractivity contribution >= 4 is 41.4 Å². The Balaban J connectivity index is 0.00000169. The monoisotopic (exact) mass is 237 g/mol. The number of rotatable bonds is 2. The summed E-state index contributed by atoms with van der Waals surface area (Å²) < 4.78 is 0. The van der Waals surface area contributed by atoms with Gasteiger partial charge in [0.1, 0.15) is 10.4 Å². The lowest BCUT2D eigenvalue weighted by molar-refractivity contribution is 0.0657. The maximum atomic E-state index is 10.6. The first-order valence-corrected chi connectivity index (χ1v) is 4.12. The van der Waals surface area contributed by atoms with Gasteiger partial charge in [-0.1, -0.05) is 0 Å². The average molecular weight is 238 g/mol. The predicted molar refractivity (Wildman–Crippen MR) is 54.6 cm³/mol. The molecule has 1 aromatic rings. The van der Waals surface area contributed by atoms with E-state index in [9.17, 15) is 9.59 Å². The standard InChI is InChI=1S/C7H7NO4S.ClH/c1-2-4(8)3(6(9)10)5(13-2)7(11)12;/h8H2,1H3,(H,9,10)(H,11,12);1H. The molecule has 0 amide bonds. The fourth-order valence-electron chi connectivity index (χ4n) is 0.920. The summed E-state index contributed by atoms with van der Waals surface area (Å²) in [5, 5.41) is 17.3. The molecule has 1 rings (SSSR count). The second-order valence-electron chi connectivity index (χ2n) is 2.39. The summed E-state index contributed by atoms with van der Waals surface area (Å²) in [5.41, 5.74) is 5.14. The number of carbonyl (C=O) groups is 2. The number of aryl methyl sites for hydroxylation is 1. The predicted octanol–water partition coefficient (Wildman–Crippen LogP) is 1.46. The number of hydrogen-bond acceptors (Lipinski definition) is 4. The SMILES string of the molecule is Cc1sc(C(=O)O)c(C(=O)O)c1N.Cl. The number of nitrogens with two attached hydrogens (primary N) is 1. The van der Waals surface area contributed by atoms with E-state index in [4.69, 9.17) is 15.9 Å². The molecular formula is C7H8ClNO4S. The highest BCUT2D eigenvalue weighted by Gasteiger charge is 2.23. The number of nitrogen functional groups attached to an aromatic ring is 1. The van der Waals surface area contributed by atoms with E-state index in [1.165, 1.54) is 0 Å². The molecule has 0 spiro atoms. The number of carboxylic acids is 2. The van der Waals surface area contributed by atoms with Gasteiger partial charge < -0.3 is 15.9 Å². The first-order chi connectivity index (χ1) is 5.95. The maximum absolute atomic E-state index is 10.6. The number of carboxylic acid groups (broad SMARTS) is 2. The highest BCUT2D eigenvalue weighted by Crippen LogP contribution is 2.30. The van der Waals surface area contributed by atoms with Crippen molar-refractivity contribution in [3.63, 3.8) is 0 Å². The van der Waals surface area contributed by atoms with Crippen LogP contribution in [0, 0.1) is 6.92 Å². The quantitative estimate of drug-likeness (QED) is 0.723. The minimum atomic E-state index is -1.31. The van der Waals surface area contributed by atoms with Crippen LogP contribution in [0.5, 0.6) is 0 Å². The maximum Gasteiger partial charge on any atom is 0.346 e. The molecule has 1 heterocycles. The number of halogens is 1. The molecule has 0 aliphatic heterocycles. The molecule has 5 nitrogen and oxygen atoms in total. The average Bonchev–Trinajstić information content (AvgIpc) is 2.28. The Morgan fingerprint density at radius 2 is 1.79 bits per heavy atom. The molecule has 0 atom stereocenters. The number of thiophene rings is 1. The van der Waals surface area contributed by atoms with Crippen LogP contribution >= 0.6 is 23.7 Å². The second-order valence-corrected chi connectivity index (χ2v) is 3.61. The Morgan fingerprint density at radius 1 is 1.29 bits per heavy atom. The van der Waals surface area contributed by atoms with E-state index >= 15 is 0 Å². The van der Waals surface area contributed by atoms with Gasteiger partial charge in [-0.05, 0) is 6.92 Å². The molecule has 78 valence electrons. The van der Waals surface area contributed by atoms with Crippen LogP contribution in [0.1, 0.15) is 24.9 Å². The zero-order valence-electron chi connectivity index (χ0n) is 7.10. The van der Waals surface area contributed by atoms with Crippen LogP contribution in [-0.2, 0) is 0 Å². The summed E-state index contributed by atoms with van der Waals surface area (Å²) in [6.07, 6.45) is 0. The summed E-state index contributed by atoms with van der Waals surface area (Å²) >= 11 is 0.872. The molecule has 4 N–H and O–H groups in total. The topological polar surface area (TPSA) is 101 Å². The van der Waals surface area contributed by atoms with E-state index in [0.717, 1.165) is 11.3 Å². The summed E-state index contributed by atoms with van der Waals surface area (Å²) in [5.74, 6) is -2.57. The van der Waals surface area contributed by atoms with Gasteiger partial charge >= 0.3 is 11.9 Å². The van der Waals surface area contributed by atoms with Crippen molar-refractivity contribution in [2.45, 2.75) is 6.92 Å². The van der Waals surface area contributed by atoms with Crippen LogP contribution in [0.25, 0.3) is 0 Å². The number of anilines is 1. The molecule has 14 heavy (non-hydrogen) atoms. The van der Waals surface area contributed by atoms with Crippen LogP contribution in [-0.4, -0.2) is 22.2 Å². The van der Waals surface area contributed by atoms with Crippen molar-refractivity contribution in [3.05, 3.63) is 15.3 Å². The Bertz CT molecular complexity index is 387. The Hall–Kier alpha value is -1.27. The van der Waals surface area contributed by atoms with Gasteiger partial charge in [-0.2, -0.15) is 0 Å². The molecule has 0 bridgehead atoms. The van der Waals surface area contributed by atoms with E-state index < -0.39 is 11.9 Å². The second kappa shape index (κ2) is 4.30. The molecule has 0 aliphatic carbocycles. The van der Waals surface area contributed by atoms with Crippen LogP contribution < -0.4 is 5.73 Å². The zero-order valence-corrected chi connectivity index (χ0v) is 8.74. The van der Waals surface area contributed by atoms with E-state index in [1.807, 2.05) is 0 Å². The van der Waals surface area contributed by atoms with Gasteiger partial charge in [0, 0.05) is 4.88 Å². The Kier molecular flexibility index (Phi) is 3.91. The third-order valence-electron chi connectivity index (χ3n) is 1.54. The molecule has 0 radical (unpaired) electrons. The summed E-state index contributed by atoms with van der Waals surface area (Å²) in [6.45, 7) is 1.58. The normalized spacial score (nSPS) is 9.21. The third-order valence-corrected chi connectivity index (χ3v) is 2.65. The largest absolute Gasteiger partial charge is 0.478 e. The molecule has 7 heteroatoms. The van der Waals surface area contributed by atoms with Crippen molar-refractivity contribution in [1.82, 2.24) is 0 Å². The van der Waals surface area contributed by atoms with Gasteiger partial charge in [-0.15, -0.1) is 23.7 Å². The molecule has 0 aliphatic rings. The van der Waals surface area contributed by atoms with Crippen LogP contribution in [0.4, 0.5) is 5.69 Å². The van der Waals surface area contributed by atoms with Gasteiger partial charge in [0.25, 0.3) is 0 Å². The van der Waals surface area contributed by atoms with Crippen molar-refractivity contribution in [3.8, 4) is 0 Å². The van der Waals surface area contributed by atoms with E-state index in [0.29, 0.717) is 4.88 Å². The lowest BCUT2D eigenvalue weighted by Gasteiger charge is -1.94. The molecule has 0 unspecified atom stereocenters. The van der Waals surface area contributed by atoms with Gasteiger partial charge in [-0.3, -0.25) is 0 Å². The summed E-state index contributed by atoms with van der Waals surface area (Å²) in [6, 6.07) is 0. The van der Waals surface area contributed by atoms with Gasteiger partial charge in [-0.25, -0.2) is 9.59 Å². The van der Waals surface area contributed by atoms with Crippen LogP contribution in [0.15, 0.2) is 0 Å². The highest BCUT2D eigenvalue weighted by molar-refractivity contribution is 7.14. The van der Waals surface area contributed by atoms with E-state index in [1.54, 1.807) is 6.92 Å². The van der Waals surface area contributed by atoms with Crippen LogP contribution in [0.3, 0.4) is 0 Å². The summed E-state index contributed by atoms with van der Waals surface area (Å²) in [4.78, 5) is 21.5. The van der Waals surface area contributed by atoms with Crippen molar-refractivity contribution in [2.75, 3.05) is 5.73 Å². The van der Waals surface area contributed by atoms with Crippen molar-refractivity contribution < 1.29 is 19.8 Å². The molecule has 1 aromatic heterocycles. The van der Waals surface area contributed by atoms with Crippen molar-refractivity contribution in [1.29, 1.82) is 0 Å².